The smallest absolute Gasteiger partial charge is 0.266 e. The van der Waals surface area contributed by atoms with E-state index >= 15 is 0 Å². The second-order valence-corrected chi connectivity index (χ2v) is 3.63. The van der Waals surface area contributed by atoms with Gasteiger partial charge in [0.25, 0.3) is 11.7 Å². The Balaban J connectivity index is 3.45. The molecule has 14 heavy (non-hydrogen) atoms. The van der Waals surface area contributed by atoms with E-state index in [0.29, 0.717) is 0 Å². The van der Waals surface area contributed by atoms with Crippen LogP contribution in [0.25, 0.3) is 0 Å². The van der Waals surface area contributed by atoms with Crippen molar-refractivity contribution in [1.82, 2.24) is 4.98 Å². The van der Waals surface area contributed by atoms with Gasteiger partial charge in [0, 0.05) is 6.20 Å². The molecule has 0 atom stereocenters. The quantitative estimate of drug-likeness (QED) is 0.472. The van der Waals surface area contributed by atoms with Crippen LogP contribution in [0, 0.1) is 9.52 Å². The predicted octanol–water partition coefficient (Wildman–Crippen LogP) is 3.14. The lowest BCUT2D eigenvalue weighted by molar-refractivity contribution is 0.106. The molecule has 0 unspecified atom stereocenters. The van der Waals surface area contributed by atoms with E-state index in [1.807, 2.05) is 0 Å². The zero-order valence-electron chi connectivity index (χ0n) is 6.40. The average Bonchev–Trinajstić information content (AvgIpc) is 2.08. The van der Waals surface area contributed by atoms with Crippen LogP contribution in [0.1, 0.15) is 22.3 Å². The second-order valence-electron chi connectivity index (χ2n) is 2.27. The summed E-state index contributed by atoms with van der Waals surface area (Å²) in [6.45, 7) is 0. The van der Waals surface area contributed by atoms with Crippen molar-refractivity contribution in [2.24, 2.45) is 0 Å². The van der Waals surface area contributed by atoms with Crippen molar-refractivity contribution in [3.8, 4) is 0 Å². The second kappa shape index (κ2) is 4.43. The van der Waals surface area contributed by atoms with Crippen LogP contribution in [0.4, 0.5) is 13.2 Å². The number of nitrogens with zero attached hydrogens (tertiary/aromatic N) is 1. The summed E-state index contributed by atoms with van der Waals surface area (Å²) < 4.78 is 37.6. The van der Waals surface area contributed by atoms with E-state index < -0.39 is 28.6 Å². The molecule has 0 aliphatic rings. The summed E-state index contributed by atoms with van der Waals surface area (Å²) in [4.78, 5) is 14.1. The maximum atomic E-state index is 13.2. The topological polar surface area (TPSA) is 30.0 Å². The van der Waals surface area contributed by atoms with Crippen LogP contribution in [0.2, 0.25) is 0 Å². The summed E-state index contributed by atoms with van der Waals surface area (Å²) in [5.41, 5.74) is -1.59. The molecule has 2 nitrogen and oxygen atoms in total. The van der Waals surface area contributed by atoms with Gasteiger partial charge in [-0.25, -0.2) is 18.2 Å². The number of carbonyl (C=O) groups is 1. The number of alkyl halides is 2. The first-order valence-electron chi connectivity index (χ1n) is 3.27. The van der Waals surface area contributed by atoms with E-state index in [-0.39, 0.29) is 3.70 Å². The average molecular weight is 335 g/mol. The molecule has 0 aromatic carbocycles. The molecule has 1 aromatic heterocycles. The normalized spacial score (nSPS) is 10.7. The van der Waals surface area contributed by atoms with E-state index in [1.54, 1.807) is 0 Å². The van der Waals surface area contributed by atoms with Crippen molar-refractivity contribution >= 4 is 39.4 Å². The first kappa shape index (κ1) is 11.7. The summed E-state index contributed by atoms with van der Waals surface area (Å²) in [5, 5.41) is -1.25. The maximum absolute atomic E-state index is 13.2. The van der Waals surface area contributed by atoms with Gasteiger partial charge in [0.2, 0.25) is 0 Å². The van der Waals surface area contributed by atoms with Crippen molar-refractivity contribution in [1.29, 1.82) is 0 Å². The molecular weight excluding hydrogens is 333 g/mol. The van der Waals surface area contributed by atoms with Gasteiger partial charge in [0.15, 0.2) is 5.82 Å². The zero-order chi connectivity index (χ0) is 10.9. The molecule has 7 heteroatoms. The van der Waals surface area contributed by atoms with Gasteiger partial charge in [-0.2, -0.15) is 0 Å². The molecular formula is C7H2ClF3INO. The van der Waals surface area contributed by atoms with Gasteiger partial charge in [0.05, 0.1) is 11.1 Å². The Hall–Kier alpha value is -0.370. The molecule has 0 saturated carbocycles. The van der Waals surface area contributed by atoms with E-state index in [9.17, 15) is 18.0 Å². The third-order valence-corrected chi connectivity index (χ3v) is 2.38. The van der Waals surface area contributed by atoms with Gasteiger partial charge in [0.1, 0.15) is 3.70 Å². The van der Waals surface area contributed by atoms with Gasteiger partial charge in [-0.05, 0) is 34.2 Å². The summed E-state index contributed by atoms with van der Waals surface area (Å²) in [6, 6.07) is 0. The van der Waals surface area contributed by atoms with Crippen LogP contribution in [-0.2, 0) is 0 Å². The first-order valence-corrected chi connectivity index (χ1v) is 4.72. The highest BCUT2D eigenvalue weighted by Gasteiger charge is 2.23. The SMILES string of the molecule is O=C(Cl)c1c(C(F)F)cnc(I)c1F. The lowest BCUT2D eigenvalue weighted by Crippen LogP contribution is -2.06. The standard InChI is InChI=1S/C7H2ClF3INO/c8-5(14)3-2(6(10)11)1-13-7(12)4(3)9/h1,6H. The van der Waals surface area contributed by atoms with Gasteiger partial charge in [-0.1, -0.05) is 0 Å². The van der Waals surface area contributed by atoms with Crippen molar-refractivity contribution in [3.05, 3.63) is 26.8 Å². The summed E-state index contributed by atoms with van der Waals surface area (Å²) in [7, 11) is 0. The number of rotatable bonds is 2. The molecule has 0 fully saturated rings. The highest BCUT2D eigenvalue weighted by molar-refractivity contribution is 14.1. The van der Waals surface area contributed by atoms with E-state index in [2.05, 4.69) is 4.98 Å². The van der Waals surface area contributed by atoms with Crippen LogP contribution in [-0.4, -0.2) is 10.2 Å². The molecule has 0 saturated heterocycles. The van der Waals surface area contributed by atoms with Crippen molar-refractivity contribution in [2.45, 2.75) is 6.43 Å². The lowest BCUT2D eigenvalue weighted by atomic mass is 10.1. The van der Waals surface area contributed by atoms with E-state index in [1.165, 1.54) is 22.6 Å². The summed E-state index contributed by atoms with van der Waals surface area (Å²) in [5.74, 6) is -1.11. The maximum Gasteiger partial charge on any atom is 0.266 e. The Morgan fingerprint density at radius 1 is 1.57 bits per heavy atom. The third-order valence-electron chi connectivity index (χ3n) is 1.44. The molecule has 0 aliphatic carbocycles. The number of hydrogen-bond donors (Lipinski definition) is 0. The molecule has 0 N–H and O–H groups in total. The van der Waals surface area contributed by atoms with E-state index in [0.717, 1.165) is 6.20 Å². The highest BCUT2D eigenvalue weighted by atomic mass is 127. The van der Waals surface area contributed by atoms with Crippen molar-refractivity contribution in [2.75, 3.05) is 0 Å². The molecule has 1 rings (SSSR count). The predicted molar refractivity (Wildman–Crippen MR) is 52.1 cm³/mol. The van der Waals surface area contributed by atoms with Gasteiger partial charge >= 0.3 is 0 Å². The summed E-state index contributed by atoms with van der Waals surface area (Å²) >= 11 is 6.47. The van der Waals surface area contributed by atoms with Gasteiger partial charge < -0.3 is 0 Å². The van der Waals surface area contributed by atoms with E-state index in [4.69, 9.17) is 11.6 Å². The molecule has 76 valence electrons. The minimum absolute atomic E-state index is 0.170. The van der Waals surface area contributed by atoms with Crippen LogP contribution in [0.5, 0.6) is 0 Å². The molecule has 0 bridgehead atoms. The number of carbonyl (C=O) groups excluding carboxylic acids is 1. The third kappa shape index (κ3) is 2.17. The summed E-state index contributed by atoms with van der Waals surface area (Å²) in [6.07, 6.45) is -2.24. The molecule has 0 amide bonds. The Morgan fingerprint density at radius 3 is 2.57 bits per heavy atom. The number of aromatic nitrogens is 1. The fourth-order valence-electron chi connectivity index (χ4n) is 0.843. The number of pyridine rings is 1. The van der Waals surface area contributed by atoms with Gasteiger partial charge in [-0.15, -0.1) is 0 Å². The Morgan fingerprint density at radius 2 is 2.14 bits per heavy atom. The molecule has 0 radical (unpaired) electrons. The van der Waals surface area contributed by atoms with Crippen LogP contribution in [0.15, 0.2) is 6.20 Å². The van der Waals surface area contributed by atoms with Crippen LogP contribution < -0.4 is 0 Å². The highest BCUT2D eigenvalue weighted by Crippen LogP contribution is 2.27. The minimum Gasteiger partial charge on any atom is -0.275 e. The lowest BCUT2D eigenvalue weighted by Gasteiger charge is -2.06. The van der Waals surface area contributed by atoms with Crippen LogP contribution in [0.3, 0.4) is 0 Å². The first-order chi connectivity index (χ1) is 6.45. The number of halogens is 5. The van der Waals surface area contributed by atoms with Crippen LogP contribution >= 0.6 is 34.2 Å². The molecule has 0 spiro atoms. The van der Waals surface area contributed by atoms with Crippen molar-refractivity contribution in [3.63, 3.8) is 0 Å². The molecule has 0 aliphatic heterocycles. The Bertz CT molecular complexity index is 385. The zero-order valence-corrected chi connectivity index (χ0v) is 9.31. The monoisotopic (exact) mass is 335 g/mol. The largest absolute Gasteiger partial charge is 0.275 e. The van der Waals surface area contributed by atoms with Gasteiger partial charge in [-0.3, -0.25) is 4.79 Å². The number of hydrogen-bond acceptors (Lipinski definition) is 2. The molecule has 1 heterocycles. The Kier molecular flexibility index (Phi) is 3.71. The Labute approximate surface area is 95.6 Å². The molecule has 1 aromatic rings. The fourth-order valence-corrected chi connectivity index (χ4v) is 1.44. The van der Waals surface area contributed by atoms with Crippen molar-refractivity contribution < 1.29 is 18.0 Å². The minimum atomic E-state index is -2.98. The fraction of sp³-hybridized carbons (Fsp3) is 0.143.